The minimum Gasteiger partial charge on any atom is -0.356 e. The Morgan fingerprint density at radius 2 is 1.93 bits per heavy atom. The van der Waals surface area contributed by atoms with Gasteiger partial charge in [-0.05, 0) is 24.7 Å². The second kappa shape index (κ2) is 6.70. The van der Waals surface area contributed by atoms with Crippen LogP contribution in [0.2, 0.25) is 0 Å². The number of nitrogens with zero attached hydrogens (tertiary/aromatic N) is 1. The predicted octanol–water partition coefficient (Wildman–Crippen LogP) is 2.00. The summed E-state index contributed by atoms with van der Waals surface area (Å²) in [4.78, 5) is 4.20. The molecule has 1 rings (SSSR count). The lowest BCUT2D eigenvalue weighted by Crippen LogP contribution is -2.38. The molecule has 88 valence electrons. The van der Waals surface area contributed by atoms with E-state index in [4.69, 9.17) is 0 Å². The highest BCUT2D eigenvalue weighted by molar-refractivity contribution is 5.79. The first-order valence-electron chi connectivity index (χ1n) is 6.17. The molecule has 3 heteroatoms. The Morgan fingerprint density at radius 1 is 1.27 bits per heavy atom. The molecule has 0 aliphatic heterocycles. The van der Waals surface area contributed by atoms with E-state index in [2.05, 4.69) is 29.5 Å². The third kappa shape index (κ3) is 6.37. The van der Waals surface area contributed by atoms with Crippen molar-refractivity contribution in [2.24, 2.45) is 16.8 Å². The van der Waals surface area contributed by atoms with Gasteiger partial charge in [0.05, 0.1) is 0 Å². The molecule has 0 aromatic rings. The Labute approximate surface area is 93.7 Å². The van der Waals surface area contributed by atoms with Crippen LogP contribution in [0.1, 0.15) is 39.5 Å². The van der Waals surface area contributed by atoms with Crippen molar-refractivity contribution in [2.45, 2.75) is 39.5 Å². The molecule has 1 aliphatic carbocycles. The molecule has 1 aliphatic rings. The lowest BCUT2D eigenvalue weighted by molar-refractivity contribution is 0.572. The van der Waals surface area contributed by atoms with Gasteiger partial charge in [-0.25, -0.2) is 0 Å². The molecule has 0 aromatic carbocycles. The van der Waals surface area contributed by atoms with Crippen molar-refractivity contribution in [2.75, 3.05) is 20.1 Å². The summed E-state index contributed by atoms with van der Waals surface area (Å²) in [5.41, 5.74) is 0. The first kappa shape index (κ1) is 12.3. The maximum atomic E-state index is 4.20. The average molecular weight is 211 g/mol. The Bertz CT molecular complexity index is 185. The van der Waals surface area contributed by atoms with Crippen molar-refractivity contribution in [3.05, 3.63) is 0 Å². The van der Waals surface area contributed by atoms with Gasteiger partial charge in [-0.2, -0.15) is 0 Å². The highest BCUT2D eigenvalue weighted by Gasteiger charge is 2.20. The van der Waals surface area contributed by atoms with E-state index < -0.39 is 0 Å². The van der Waals surface area contributed by atoms with Crippen LogP contribution in [0.25, 0.3) is 0 Å². The van der Waals surface area contributed by atoms with Crippen molar-refractivity contribution < 1.29 is 0 Å². The van der Waals surface area contributed by atoms with Gasteiger partial charge in [0.1, 0.15) is 0 Å². The summed E-state index contributed by atoms with van der Waals surface area (Å²) in [6.45, 7) is 6.56. The van der Waals surface area contributed by atoms with Crippen molar-refractivity contribution in [1.82, 2.24) is 10.6 Å². The van der Waals surface area contributed by atoms with Gasteiger partial charge in [-0.3, -0.25) is 4.99 Å². The molecular formula is C12H25N3. The fourth-order valence-corrected chi connectivity index (χ4v) is 1.50. The third-order valence-corrected chi connectivity index (χ3v) is 2.78. The normalized spacial score (nSPS) is 16.9. The van der Waals surface area contributed by atoms with E-state index in [1.807, 2.05) is 7.05 Å². The largest absolute Gasteiger partial charge is 0.356 e. The summed E-state index contributed by atoms with van der Waals surface area (Å²) in [5, 5.41) is 6.69. The highest BCUT2D eigenvalue weighted by Crippen LogP contribution is 2.31. The molecular weight excluding hydrogens is 186 g/mol. The number of nitrogens with one attached hydrogen (secondary N) is 2. The van der Waals surface area contributed by atoms with Crippen LogP contribution in [0.4, 0.5) is 0 Å². The van der Waals surface area contributed by atoms with Gasteiger partial charge in [-0.1, -0.05) is 26.7 Å². The van der Waals surface area contributed by atoms with Crippen molar-refractivity contribution >= 4 is 5.96 Å². The average Bonchev–Trinajstić information content (AvgIpc) is 2.99. The van der Waals surface area contributed by atoms with Crippen molar-refractivity contribution in [3.63, 3.8) is 0 Å². The number of hydrogen-bond acceptors (Lipinski definition) is 1. The molecule has 15 heavy (non-hydrogen) atoms. The molecule has 0 amide bonds. The standard InChI is InChI=1S/C12H25N3/c1-10(2)6-8-14-12(13-3)15-9-7-11-4-5-11/h10-11H,4-9H2,1-3H3,(H2,13,14,15). The van der Waals surface area contributed by atoms with E-state index in [0.717, 1.165) is 30.9 Å². The van der Waals surface area contributed by atoms with E-state index in [1.54, 1.807) is 0 Å². The molecule has 1 fully saturated rings. The highest BCUT2D eigenvalue weighted by atomic mass is 15.2. The first-order chi connectivity index (χ1) is 7.22. The number of guanidine groups is 1. The summed E-state index contributed by atoms with van der Waals surface area (Å²) in [6, 6.07) is 0. The fraction of sp³-hybridized carbons (Fsp3) is 0.917. The zero-order valence-electron chi connectivity index (χ0n) is 10.3. The maximum Gasteiger partial charge on any atom is 0.190 e. The molecule has 0 saturated heterocycles. The third-order valence-electron chi connectivity index (χ3n) is 2.78. The molecule has 0 bridgehead atoms. The van der Waals surface area contributed by atoms with Gasteiger partial charge < -0.3 is 10.6 Å². The van der Waals surface area contributed by atoms with Crippen LogP contribution < -0.4 is 10.6 Å². The van der Waals surface area contributed by atoms with Crippen molar-refractivity contribution in [3.8, 4) is 0 Å². The summed E-state index contributed by atoms with van der Waals surface area (Å²) in [6.07, 6.45) is 5.36. The lowest BCUT2D eigenvalue weighted by Gasteiger charge is -2.12. The molecule has 0 atom stereocenters. The number of aliphatic imine (C=N–C) groups is 1. The zero-order valence-corrected chi connectivity index (χ0v) is 10.3. The molecule has 0 heterocycles. The van der Waals surface area contributed by atoms with E-state index in [1.165, 1.54) is 25.7 Å². The van der Waals surface area contributed by atoms with E-state index in [9.17, 15) is 0 Å². The predicted molar refractivity (Wildman–Crippen MR) is 66.2 cm³/mol. The van der Waals surface area contributed by atoms with Gasteiger partial charge in [-0.15, -0.1) is 0 Å². The SMILES string of the molecule is CN=C(NCCC(C)C)NCCC1CC1. The zero-order chi connectivity index (χ0) is 11.1. The van der Waals surface area contributed by atoms with Crippen LogP contribution >= 0.6 is 0 Å². The fourth-order valence-electron chi connectivity index (χ4n) is 1.50. The van der Waals surface area contributed by atoms with Crippen LogP contribution in [-0.2, 0) is 0 Å². The Kier molecular flexibility index (Phi) is 5.51. The molecule has 1 saturated carbocycles. The van der Waals surface area contributed by atoms with Gasteiger partial charge >= 0.3 is 0 Å². The monoisotopic (exact) mass is 211 g/mol. The van der Waals surface area contributed by atoms with Crippen LogP contribution in [0.15, 0.2) is 4.99 Å². The summed E-state index contributed by atoms with van der Waals surface area (Å²) < 4.78 is 0. The van der Waals surface area contributed by atoms with Gasteiger partial charge in [0.15, 0.2) is 5.96 Å². The maximum absolute atomic E-state index is 4.20. The summed E-state index contributed by atoms with van der Waals surface area (Å²) >= 11 is 0. The van der Waals surface area contributed by atoms with E-state index >= 15 is 0 Å². The van der Waals surface area contributed by atoms with Crippen molar-refractivity contribution in [1.29, 1.82) is 0 Å². The quantitative estimate of drug-likeness (QED) is 0.521. The smallest absolute Gasteiger partial charge is 0.190 e. The topological polar surface area (TPSA) is 36.4 Å². The van der Waals surface area contributed by atoms with Crippen LogP contribution in [0, 0.1) is 11.8 Å². The number of hydrogen-bond donors (Lipinski definition) is 2. The second-order valence-corrected chi connectivity index (χ2v) is 4.84. The lowest BCUT2D eigenvalue weighted by atomic mass is 10.1. The first-order valence-corrected chi connectivity index (χ1v) is 6.17. The molecule has 2 N–H and O–H groups in total. The Hall–Kier alpha value is -0.730. The van der Waals surface area contributed by atoms with E-state index in [-0.39, 0.29) is 0 Å². The number of rotatable bonds is 6. The Balaban J connectivity index is 2.01. The second-order valence-electron chi connectivity index (χ2n) is 4.84. The van der Waals surface area contributed by atoms with Crippen LogP contribution in [0.3, 0.4) is 0 Å². The summed E-state index contributed by atoms with van der Waals surface area (Å²) in [7, 11) is 1.84. The summed E-state index contributed by atoms with van der Waals surface area (Å²) in [5.74, 6) is 2.70. The van der Waals surface area contributed by atoms with Crippen LogP contribution in [-0.4, -0.2) is 26.1 Å². The van der Waals surface area contributed by atoms with Crippen LogP contribution in [0.5, 0.6) is 0 Å². The molecule has 0 spiro atoms. The molecule has 0 radical (unpaired) electrons. The van der Waals surface area contributed by atoms with Gasteiger partial charge in [0.25, 0.3) is 0 Å². The molecule has 0 unspecified atom stereocenters. The Morgan fingerprint density at radius 3 is 2.47 bits per heavy atom. The van der Waals surface area contributed by atoms with Gasteiger partial charge in [0, 0.05) is 20.1 Å². The molecule has 0 aromatic heterocycles. The minimum atomic E-state index is 0.752. The van der Waals surface area contributed by atoms with Gasteiger partial charge in [0.2, 0.25) is 0 Å². The van der Waals surface area contributed by atoms with E-state index in [0.29, 0.717) is 0 Å². The minimum absolute atomic E-state index is 0.752. The molecule has 3 nitrogen and oxygen atoms in total.